The number of aromatic nitrogens is 1. The number of nitrogens with zero attached hydrogens (tertiary/aromatic N) is 1. The fourth-order valence-electron chi connectivity index (χ4n) is 1.98. The first-order valence-electron chi connectivity index (χ1n) is 5.37. The monoisotopic (exact) mass is 220 g/mol. The summed E-state index contributed by atoms with van der Waals surface area (Å²) in [6.45, 7) is 1.98. The van der Waals surface area contributed by atoms with Crippen molar-refractivity contribution in [2.24, 2.45) is 5.73 Å². The second kappa shape index (κ2) is 3.87. The summed E-state index contributed by atoms with van der Waals surface area (Å²) in [6, 6.07) is 3.34. The first-order chi connectivity index (χ1) is 7.60. The Kier molecular flexibility index (Phi) is 2.68. The van der Waals surface area contributed by atoms with E-state index in [0.29, 0.717) is 0 Å². The molecule has 86 valence electrons. The third-order valence-electron chi connectivity index (χ3n) is 3.26. The van der Waals surface area contributed by atoms with Gasteiger partial charge in [0.15, 0.2) is 0 Å². The highest BCUT2D eigenvalue weighted by molar-refractivity contribution is 5.78. The first-order valence-corrected chi connectivity index (χ1v) is 5.37. The molecule has 4 heteroatoms. The topological polar surface area (TPSA) is 65.2 Å². The van der Waals surface area contributed by atoms with Crippen molar-refractivity contribution in [3.05, 3.63) is 29.6 Å². The lowest BCUT2D eigenvalue weighted by Crippen LogP contribution is -2.43. The molecule has 1 aliphatic rings. The van der Waals surface area contributed by atoms with E-state index in [1.807, 2.05) is 19.1 Å². The fourth-order valence-corrected chi connectivity index (χ4v) is 1.98. The molecule has 0 bridgehead atoms. The molecule has 16 heavy (non-hydrogen) atoms. The highest BCUT2D eigenvalue weighted by Crippen LogP contribution is 2.49. The van der Waals surface area contributed by atoms with Crippen molar-refractivity contribution >= 4 is 5.97 Å². The molecule has 1 atom stereocenters. The third kappa shape index (κ3) is 1.69. The molecule has 0 aliphatic heterocycles. The normalized spacial score (nSPS) is 18.9. The van der Waals surface area contributed by atoms with Gasteiger partial charge in [-0.2, -0.15) is 0 Å². The maximum Gasteiger partial charge on any atom is 0.323 e. The average Bonchev–Trinajstić information content (AvgIpc) is 3.09. The van der Waals surface area contributed by atoms with Gasteiger partial charge in [-0.3, -0.25) is 9.78 Å². The fraction of sp³-hybridized carbons (Fsp3) is 0.500. The Morgan fingerprint density at radius 1 is 1.56 bits per heavy atom. The number of aryl methyl sites for hydroxylation is 1. The van der Waals surface area contributed by atoms with Crippen molar-refractivity contribution < 1.29 is 9.53 Å². The van der Waals surface area contributed by atoms with Crippen LogP contribution in [0.3, 0.4) is 0 Å². The van der Waals surface area contributed by atoms with Gasteiger partial charge in [0.05, 0.1) is 7.11 Å². The predicted molar refractivity (Wildman–Crippen MR) is 59.9 cm³/mol. The number of ether oxygens (including phenoxy) is 1. The summed E-state index contributed by atoms with van der Waals surface area (Å²) in [6.07, 6.45) is 3.61. The Morgan fingerprint density at radius 2 is 2.25 bits per heavy atom. The summed E-state index contributed by atoms with van der Waals surface area (Å²) in [5.41, 5.74) is 7.63. The summed E-state index contributed by atoms with van der Waals surface area (Å²) in [4.78, 5) is 15.8. The minimum Gasteiger partial charge on any atom is -0.468 e. The molecule has 2 rings (SSSR count). The lowest BCUT2D eigenvalue weighted by atomic mass is 9.92. The first kappa shape index (κ1) is 11.1. The van der Waals surface area contributed by atoms with E-state index in [0.717, 1.165) is 24.1 Å². The Labute approximate surface area is 94.8 Å². The third-order valence-corrected chi connectivity index (χ3v) is 3.26. The number of hydrogen-bond acceptors (Lipinski definition) is 4. The van der Waals surface area contributed by atoms with Gasteiger partial charge in [-0.1, -0.05) is 6.07 Å². The molecular weight excluding hydrogens is 204 g/mol. The number of carbonyl (C=O) groups excluding carboxylic acids is 1. The van der Waals surface area contributed by atoms with Crippen molar-refractivity contribution in [3.63, 3.8) is 0 Å². The van der Waals surface area contributed by atoms with Crippen LogP contribution in [0.5, 0.6) is 0 Å². The molecule has 1 saturated carbocycles. The van der Waals surface area contributed by atoms with Crippen molar-refractivity contribution in [2.75, 3.05) is 7.11 Å². The quantitative estimate of drug-likeness (QED) is 0.769. The maximum absolute atomic E-state index is 11.5. The Balaban J connectivity index is 2.26. The Bertz CT molecular complexity index is 396. The molecule has 0 aromatic carbocycles. The molecule has 1 aromatic rings. The number of methoxy groups -OCH3 is 1. The van der Waals surface area contributed by atoms with Crippen LogP contribution in [0.4, 0.5) is 0 Å². The van der Waals surface area contributed by atoms with Gasteiger partial charge in [0.1, 0.15) is 6.04 Å². The number of esters is 1. The largest absolute Gasteiger partial charge is 0.468 e. The molecule has 1 unspecified atom stereocenters. The molecule has 0 amide bonds. The molecule has 1 aromatic heterocycles. The van der Waals surface area contributed by atoms with Gasteiger partial charge in [0, 0.05) is 17.3 Å². The van der Waals surface area contributed by atoms with Crippen LogP contribution in [0.2, 0.25) is 0 Å². The predicted octanol–water partition coefficient (Wildman–Crippen LogP) is 0.922. The van der Waals surface area contributed by atoms with E-state index in [9.17, 15) is 4.79 Å². The lowest BCUT2D eigenvalue weighted by Gasteiger charge is -2.20. The van der Waals surface area contributed by atoms with Gasteiger partial charge in [-0.05, 0) is 31.4 Å². The summed E-state index contributed by atoms with van der Waals surface area (Å²) in [7, 11) is 1.36. The summed E-state index contributed by atoms with van der Waals surface area (Å²) >= 11 is 0. The SMILES string of the molecule is COC(=O)C(N)C1(c2ccc(C)cn2)CC1. The van der Waals surface area contributed by atoms with Gasteiger partial charge in [-0.25, -0.2) is 0 Å². The van der Waals surface area contributed by atoms with Crippen molar-refractivity contribution in [1.82, 2.24) is 4.98 Å². The summed E-state index contributed by atoms with van der Waals surface area (Å²) in [5.74, 6) is -0.361. The van der Waals surface area contributed by atoms with Crippen LogP contribution in [-0.2, 0) is 14.9 Å². The van der Waals surface area contributed by atoms with Crippen LogP contribution in [0.25, 0.3) is 0 Å². The van der Waals surface area contributed by atoms with Crippen molar-refractivity contribution in [2.45, 2.75) is 31.2 Å². The second-order valence-electron chi connectivity index (χ2n) is 4.38. The van der Waals surface area contributed by atoms with Gasteiger partial charge in [-0.15, -0.1) is 0 Å². The van der Waals surface area contributed by atoms with Gasteiger partial charge in [0.2, 0.25) is 0 Å². The van der Waals surface area contributed by atoms with Crippen LogP contribution in [-0.4, -0.2) is 24.1 Å². The molecule has 2 N–H and O–H groups in total. The van der Waals surface area contributed by atoms with E-state index in [1.54, 1.807) is 6.20 Å². The van der Waals surface area contributed by atoms with E-state index in [1.165, 1.54) is 7.11 Å². The number of carbonyl (C=O) groups is 1. The molecule has 0 spiro atoms. The maximum atomic E-state index is 11.5. The minimum atomic E-state index is -0.604. The molecule has 1 heterocycles. The lowest BCUT2D eigenvalue weighted by molar-refractivity contribution is -0.143. The number of rotatable bonds is 3. The van der Waals surface area contributed by atoms with Crippen LogP contribution in [0, 0.1) is 6.92 Å². The molecule has 0 saturated heterocycles. The van der Waals surface area contributed by atoms with E-state index < -0.39 is 6.04 Å². The van der Waals surface area contributed by atoms with Gasteiger partial charge in [0.25, 0.3) is 0 Å². The highest BCUT2D eigenvalue weighted by atomic mass is 16.5. The zero-order valence-corrected chi connectivity index (χ0v) is 9.56. The Hall–Kier alpha value is -1.42. The van der Waals surface area contributed by atoms with Crippen LogP contribution in [0.1, 0.15) is 24.1 Å². The number of pyridine rings is 1. The number of nitrogens with two attached hydrogens (primary N) is 1. The molecule has 0 radical (unpaired) electrons. The molecule has 1 fully saturated rings. The standard InChI is InChI=1S/C12H16N2O2/c1-8-3-4-9(14-7-8)12(5-6-12)10(13)11(15)16-2/h3-4,7,10H,5-6,13H2,1-2H3. The average molecular weight is 220 g/mol. The van der Waals surface area contributed by atoms with Crippen LogP contribution in [0.15, 0.2) is 18.3 Å². The van der Waals surface area contributed by atoms with E-state index in [-0.39, 0.29) is 11.4 Å². The minimum absolute atomic E-state index is 0.291. The zero-order chi connectivity index (χ0) is 11.8. The second-order valence-corrected chi connectivity index (χ2v) is 4.38. The van der Waals surface area contributed by atoms with Crippen LogP contribution < -0.4 is 5.73 Å². The van der Waals surface area contributed by atoms with E-state index >= 15 is 0 Å². The highest BCUT2D eigenvalue weighted by Gasteiger charge is 2.53. The molecular formula is C12H16N2O2. The molecule has 1 aliphatic carbocycles. The van der Waals surface area contributed by atoms with Crippen molar-refractivity contribution in [3.8, 4) is 0 Å². The van der Waals surface area contributed by atoms with Crippen LogP contribution >= 0.6 is 0 Å². The van der Waals surface area contributed by atoms with Gasteiger partial charge < -0.3 is 10.5 Å². The van der Waals surface area contributed by atoms with Crippen molar-refractivity contribution in [1.29, 1.82) is 0 Å². The summed E-state index contributed by atoms with van der Waals surface area (Å²) in [5, 5.41) is 0. The molecule has 4 nitrogen and oxygen atoms in total. The Morgan fingerprint density at radius 3 is 2.69 bits per heavy atom. The van der Waals surface area contributed by atoms with E-state index in [2.05, 4.69) is 4.98 Å². The van der Waals surface area contributed by atoms with Gasteiger partial charge >= 0.3 is 5.97 Å². The smallest absolute Gasteiger partial charge is 0.323 e. The van der Waals surface area contributed by atoms with E-state index in [4.69, 9.17) is 10.5 Å². The zero-order valence-electron chi connectivity index (χ0n) is 9.56. The number of hydrogen-bond donors (Lipinski definition) is 1. The summed E-state index contributed by atoms with van der Waals surface area (Å²) < 4.78 is 4.69.